The number of thiophene rings is 1. The molecule has 0 spiro atoms. The zero-order valence-electron chi connectivity index (χ0n) is 9.42. The van der Waals surface area contributed by atoms with E-state index in [1.165, 1.54) is 0 Å². The highest BCUT2D eigenvalue weighted by Gasteiger charge is 2.04. The minimum Gasteiger partial charge on any atom is -0.472 e. The first-order chi connectivity index (χ1) is 8.28. The molecule has 2 aromatic rings. The summed E-state index contributed by atoms with van der Waals surface area (Å²) in [5.74, 6) is 1.37. The minimum absolute atomic E-state index is 0.320. The highest BCUT2D eigenvalue weighted by Crippen LogP contribution is 2.15. The van der Waals surface area contributed by atoms with Gasteiger partial charge in [-0.1, -0.05) is 6.07 Å². The molecule has 0 unspecified atom stereocenters. The molecule has 0 aromatic carbocycles. The number of anilines is 1. The SMILES string of the molecule is COCc1nc(N)cc(OCc2cccs2)n1. The second-order valence-corrected chi connectivity index (χ2v) is 4.38. The number of nitrogens with zero attached hydrogens (tertiary/aromatic N) is 2. The molecule has 0 saturated carbocycles. The largest absolute Gasteiger partial charge is 0.472 e. The molecule has 0 atom stereocenters. The fourth-order valence-electron chi connectivity index (χ4n) is 1.30. The Hall–Kier alpha value is -1.66. The van der Waals surface area contributed by atoms with Crippen molar-refractivity contribution in [3.63, 3.8) is 0 Å². The molecule has 90 valence electrons. The van der Waals surface area contributed by atoms with E-state index in [4.69, 9.17) is 15.2 Å². The summed E-state index contributed by atoms with van der Waals surface area (Å²) in [6, 6.07) is 5.59. The van der Waals surface area contributed by atoms with Crippen LogP contribution in [0.15, 0.2) is 23.6 Å². The van der Waals surface area contributed by atoms with Crippen LogP contribution in [0.3, 0.4) is 0 Å². The Balaban J connectivity index is 2.04. The molecular formula is C11H13N3O2S. The quantitative estimate of drug-likeness (QED) is 0.878. The number of hydrogen-bond acceptors (Lipinski definition) is 6. The molecule has 0 aliphatic heterocycles. The molecule has 2 N–H and O–H groups in total. The monoisotopic (exact) mass is 251 g/mol. The molecule has 2 aromatic heterocycles. The van der Waals surface area contributed by atoms with Gasteiger partial charge in [0, 0.05) is 18.1 Å². The summed E-state index contributed by atoms with van der Waals surface area (Å²) >= 11 is 1.64. The predicted molar refractivity (Wildman–Crippen MR) is 65.8 cm³/mol. The molecule has 17 heavy (non-hydrogen) atoms. The first-order valence-corrected chi connectivity index (χ1v) is 5.93. The van der Waals surface area contributed by atoms with Gasteiger partial charge < -0.3 is 15.2 Å². The van der Waals surface area contributed by atoms with Crippen molar-refractivity contribution in [2.75, 3.05) is 12.8 Å². The molecule has 0 radical (unpaired) electrons. The van der Waals surface area contributed by atoms with E-state index in [2.05, 4.69) is 9.97 Å². The molecule has 0 fully saturated rings. The van der Waals surface area contributed by atoms with Crippen LogP contribution in [0, 0.1) is 0 Å². The summed E-state index contributed by atoms with van der Waals surface area (Å²) < 4.78 is 10.5. The first kappa shape index (κ1) is 11.8. The van der Waals surface area contributed by atoms with Gasteiger partial charge in [-0.3, -0.25) is 0 Å². The summed E-state index contributed by atoms with van der Waals surface area (Å²) in [6.45, 7) is 0.806. The summed E-state index contributed by atoms with van der Waals surface area (Å²) in [4.78, 5) is 9.36. The van der Waals surface area contributed by atoms with Crippen LogP contribution in [0.2, 0.25) is 0 Å². The molecule has 5 nitrogen and oxygen atoms in total. The van der Waals surface area contributed by atoms with Crippen LogP contribution in [-0.4, -0.2) is 17.1 Å². The van der Waals surface area contributed by atoms with Gasteiger partial charge in [-0.05, 0) is 11.4 Å². The maximum atomic E-state index is 5.65. The number of nitrogen functional groups attached to an aromatic ring is 1. The van der Waals surface area contributed by atoms with Crippen molar-refractivity contribution in [3.05, 3.63) is 34.3 Å². The van der Waals surface area contributed by atoms with Gasteiger partial charge in [0.1, 0.15) is 19.0 Å². The maximum Gasteiger partial charge on any atom is 0.219 e. The molecule has 0 aliphatic carbocycles. The van der Waals surface area contributed by atoms with Gasteiger partial charge in [-0.25, -0.2) is 4.98 Å². The van der Waals surface area contributed by atoms with Gasteiger partial charge in [0.2, 0.25) is 5.88 Å². The summed E-state index contributed by atoms with van der Waals surface area (Å²) in [6.07, 6.45) is 0. The second kappa shape index (κ2) is 5.60. The van der Waals surface area contributed by atoms with Crippen molar-refractivity contribution in [2.45, 2.75) is 13.2 Å². The molecular weight excluding hydrogens is 238 g/mol. The Morgan fingerprint density at radius 2 is 2.24 bits per heavy atom. The number of hydrogen-bond donors (Lipinski definition) is 1. The number of rotatable bonds is 5. The Morgan fingerprint density at radius 1 is 1.35 bits per heavy atom. The van der Waals surface area contributed by atoms with Gasteiger partial charge >= 0.3 is 0 Å². The van der Waals surface area contributed by atoms with Crippen molar-refractivity contribution < 1.29 is 9.47 Å². The number of ether oxygens (including phenoxy) is 2. The lowest BCUT2D eigenvalue weighted by atomic mass is 10.5. The van der Waals surface area contributed by atoms with E-state index >= 15 is 0 Å². The lowest BCUT2D eigenvalue weighted by Gasteiger charge is -2.06. The number of aromatic nitrogens is 2. The highest BCUT2D eigenvalue weighted by atomic mass is 32.1. The van der Waals surface area contributed by atoms with Crippen molar-refractivity contribution in [3.8, 4) is 5.88 Å². The fraction of sp³-hybridized carbons (Fsp3) is 0.273. The minimum atomic E-state index is 0.320. The molecule has 0 aliphatic rings. The molecule has 0 saturated heterocycles. The average Bonchev–Trinajstić information content (AvgIpc) is 2.79. The van der Waals surface area contributed by atoms with Gasteiger partial charge in [0.15, 0.2) is 5.82 Å². The smallest absolute Gasteiger partial charge is 0.219 e. The predicted octanol–water partition coefficient (Wildman–Crippen LogP) is 1.85. The molecule has 0 bridgehead atoms. The molecule has 6 heteroatoms. The Labute approximate surface area is 103 Å². The zero-order chi connectivity index (χ0) is 12.1. The normalized spacial score (nSPS) is 10.4. The van der Waals surface area contributed by atoms with Crippen molar-refractivity contribution in [2.24, 2.45) is 0 Å². The zero-order valence-corrected chi connectivity index (χ0v) is 10.2. The van der Waals surface area contributed by atoms with Crippen LogP contribution in [0.1, 0.15) is 10.7 Å². The van der Waals surface area contributed by atoms with Crippen molar-refractivity contribution in [1.29, 1.82) is 0 Å². The van der Waals surface area contributed by atoms with Crippen LogP contribution in [-0.2, 0) is 18.0 Å². The lowest BCUT2D eigenvalue weighted by Crippen LogP contribution is -2.04. The summed E-state index contributed by atoms with van der Waals surface area (Å²) in [5.41, 5.74) is 5.65. The van der Waals surface area contributed by atoms with E-state index in [0.717, 1.165) is 4.88 Å². The van der Waals surface area contributed by atoms with Crippen LogP contribution >= 0.6 is 11.3 Å². The average molecular weight is 251 g/mol. The third-order valence-corrected chi connectivity index (χ3v) is 2.83. The first-order valence-electron chi connectivity index (χ1n) is 5.05. The summed E-state index contributed by atoms with van der Waals surface area (Å²) in [7, 11) is 1.58. The topological polar surface area (TPSA) is 70.3 Å². The van der Waals surface area contributed by atoms with Crippen molar-refractivity contribution >= 4 is 17.2 Å². The van der Waals surface area contributed by atoms with E-state index in [-0.39, 0.29) is 0 Å². The maximum absolute atomic E-state index is 5.65. The highest BCUT2D eigenvalue weighted by molar-refractivity contribution is 7.09. The lowest BCUT2D eigenvalue weighted by molar-refractivity contribution is 0.176. The van der Waals surface area contributed by atoms with Crippen LogP contribution < -0.4 is 10.5 Å². The fourth-order valence-corrected chi connectivity index (χ4v) is 1.92. The van der Waals surface area contributed by atoms with E-state index in [1.807, 2.05) is 17.5 Å². The Morgan fingerprint density at radius 3 is 2.94 bits per heavy atom. The van der Waals surface area contributed by atoms with Gasteiger partial charge in [0.25, 0.3) is 0 Å². The van der Waals surface area contributed by atoms with E-state index < -0.39 is 0 Å². The standard InChI is InChI=1S/C11H13N3O2S/c1-15-7-10-13-9(12)5-11(14-10)16-6-8-3-2-4-17-8/h2-5H,6-7H2,1H3,(H2,12,13,14). The Bertz CT molecular complexity index is 474. The van der Waals surface area contributed by atoms with E-state index in [9.17, 15) is 0 Å². The van der Waals surface area contributed by atoms with Crippen molar-refractivity contribution in [1.82, 2.24) is 9.97 Å². The van der Waals surface area contributed by atoms with E-state index in [1.54, 1.807) is 24.5 Å². The summed E-state index contributed by atoms with van der Waals surface area (Å²) in [5, 5.41) is 2.00. The molecule has 0 amide bonds. The van der Waals surface area contributed by atoms with Crippen LogP contribution in [0.25, 0.3) is 0 Å². The Kier molecular flexibility index (Phi) is 3.89. The third kappa shape index (κ3) is 3.40. The molecule has 2 rings (SSSR count). The third-order valence-electron chi connectivity index (χ3n) is 1.98. The van der Waals surface area contributed by atoms with E-state index in [0.29, 0.717) is 30.7 Å². The second-order valence-electron chi connectivity index (χ2n) is 3.35. The van der Waals surface area contributed by atoms with Gasteiger partial charge in [-0.15, -0.1) is 11.3 Å². The van der Waals surface area contributed by atoms with Gasteiger partial charge in [0.05, 0.1) is 0 Å². The van der Waals surface area contributed by atoms with Crippen LogP contribution in [0.4, 0.5) is 5.82 Å². The number of nitrogens with two attached hydrogens (primary N) is 1. The molecule has 2 heterocycles. The van der Waals surface area contributed by atoms with Crippen LogP contribution in [0.5, 0.6) is 5.88 Å². The number of methoxy groups -OCH3 is 1. The van der Waals surface area contributed by atoms with Gasteiger partial charge in [-0.2, -0.15) is 4.98 Å².